The number of anilines is 2. The van der Waals surface area contributed by atoms with Crippen LogP contribution < -0.4 is 10.6 Å². The number of nitrogens with one attached hydrogen (secondary N) is 2. The normalized spacial score (nSPS) is 15.0. The van der Waals surface area contributed by atoms with Crippen molar-refractivity contribution in [1.29, 1.82) is 0 Å². The average molecular weight is 558 g/mol. The van der Waals surface area contributed by atoms with E-state index in [4.69, 9.17) is 9.52 Å². The van der Waals surface area contributed by atoms with Crippen LogP contribution in [0.15, 0.2) is 102 Å². The molecule has 0 radical (unpaired) electrons. The van der Waals surface area contributed by atoms with Gasteiger partial charge in [-0.25, -0.2) is 9.48 Å². The lowest BCUT2D eigenvalue weighted by molar-refractivity contribution is 0.262. The van der Waals surface area contributed by atoms with E-state index in [9.17, 15) is 4.79 Å². The Morgan fingerprint density at radius 1 is 1.05 bits per heavy atom. The number of aromatic nitrogens is 3. The van der Waals surface area contributed by atoms with Crippen molar-refractivity contribution in [1.82, 2.24) is 14.8 Å². The second-order valence-electron chi connectivity index (χ2n) is 11.9. The van der Waals surface area contributed by atoms with Crippen LogP contribution in [0.5, 0.6) is 0 Å². The van der Waals surface area contributed by atoms with E-state index in [0.717, 1.165) is 51.9 Å². The van der Waals surface area contributed by atoms with Crippen LogP contribution in [0.4, 0.5) is 16.3 Å². The lowest BCUT2D eigenvalue weighted by atomic mass is 9.88. The molecule has 2 amide bonds. The highest BCUT2D eigenvalue weighted by atomic mass is 16.3. The third-order valence-electron chi connectivity index (χ3n) is 7.61. The van der Waals surface area contributed by atoms with Crippen LogP contribution in [-0.4, -0.2) is 20.8 Å². The molecule has 5 aromatic rings. The fourth-order valence-electron chi connectivity index (χ4n) is 5.28. The summed E-state index contributed by atoms with van der Waals surface area (Å²) in [4.78, 5) is 17.8. The zero-order valence-corrected chi connectivity index (χ0v) is 24.4. The first kappa shape index (κ1) is 27.3. The molecule has 212 valence electrons. The number of pyridine rings is 1. The van der Waals surface area contributed by atoms with Gasteiger partial charge in [0.1, 0.15) is 5.82 Å². The van der Waals surface area contributed by atoms with Gasteiger partial charge in [0.25, 0.3) is 0 Å². The van der Waals surface area contributed by atoms with Gasteiger partial charge in [-0.15, -0.1) is 0 Å². The number of carbonyl (C=O) groups excluding carboxylic acids is 1. The molecule has 1 aliphatic carbocycles. The molecule has 1 unspecified atom stereocenters. The maximum atomic E-state index is 13.4. The molecule has 42 heavy (non-hydrogen) atoms. The number of amides is 2. The fourth-order valence-corrected chi connectivity index (χ4v) is 5.28. The monoisotopic (exact) mass is 557 g/mol. The molecule has 3 aromatic heterocycles. The van der Waals surface area contributed by atoms with Crippen molar-refractivity contribution < 1.29 is 9.21 Å². The van der Waals surface area contributed by atoms with Crippen LogP contribution in [0.1, 0.15) is 49.7 Å². The van der Waals surface area contributed by atoms with Crippen molar-refractivity contribution in [2.45, 2.75) is 46.0 Å². The number of rotatable bonds is 6. The lowest BCUT2D eigenvalue weighted by Gasteiger charge is -2.18. The average Bonchev–Trinajstić information content (AvgIpc) is 3.65. The number of nitrogens with zero attached hydrogens (tertiary/aromatic N) is 3. The summed E-state index contributed by atoms with van der Waals surface area (Å²) in [6.07, 6.45) is 14.0. The highest BCUT2D eigenvalue weighted by Gasteiger charge is 2.22. The predicted octanol–water partition coefficient (Wildman–Crippen LogP) is 8.47. The largest absolute Gasteiger partial charge is 0.472 e. The molecule has 7 nitrogen and oxygen atoms in total. The minimum atomic E-state index is -0.339. The van der Waals surface area contributed by atoms with Crippen LogP contribution >= 0.6 is 0 Å². The van der Waals surface area contributed by atoms with Gasteiger partial charge in [-0.2, -0.15) is 5.10 Å². The number of carbonyl (C=O) groups is 1. The Balaban J connectivity index is 1.24. The topological polar surface area (TPSA) is 85.0 Å². The van der Waals surface area contributed by atoms with E-state index >= 15 is 0 Å². The molecule has 0 saturated carbocycles. The molecule has 7 heteroatoms. The van der Waals surface area contributed by atoms with Gasteiger partial charge in [0.05, 0.1) is 35.8 Å². The van der Waals surface area contributed by atoms with E-state index in [1.807, 2.05) is 61.7 Å². The number of fused-ring (bicyclic) bond motifs is 1. The summed E-state index contributed by atoms with van der Waals surface area (Å²) in [6, 6.07) is 19.7. The van der Waals surface area contributed by atoms with Gasteiger partial charge in [0, 0.05) is 22.6 Å². The molecule has 3 heterocycles. The quantitative estimate of drug-likeness (QED) is 0.219. The van der Waals surface area contributed by atoms with Crippen molar-refractivity contribution in [2.75, 3.05) is 10.6 Å². The molecular weight excluding hydrogens is 522 g/mol. The first-order valence-corrected chi connectivity index (χ1v) is 14.3. The zero-order valence-electron chi connectivity index (χ0n) is 24.4. The molecule has 0 fully saturated rings. The van der Waals surface area contributed by atoms with Gasteiger partial charge in [-0.3, -0.25) is 10.3 Å². The molecule has 6 rings (SSSR count). The van der Waals surface area contributed by atoms with Gasteiger partial charge < -0.3 is 9.73 Å². The van der Waals surface area contributed by atoms with E-state index in [2.05, 4.69) is 66.7 Å². The van der Waals surface area contributed by atoms with Gasteiger partial charge in [0.15, 0.2) is 0 Å². The highest BCUT2D eigenvalue weighted by Crippen LogP contribution is 2.34. The SMILES string of the molecule is Cc1ccc(-n2nc(C(C)(C)C)cc2NC(=O)Nc2ccc(C3=CCC(Cc4ccoc4)C=C3)c3ccccc23)cn1. The summed E-state index contributed by atoms with van der Waals surface area (Å²) in [7, 11) is 0. The number of furan rings is 1. The lowest BCUT2D eigenvalue weighted by Crippen LogP contribution is -2.21. The van der Waals surface area contributed by atoms with Crippen LogP contribution in [0, 0.1) is 12.8 Å². The second kappa shape index (κ2) is 11.2. The third-order valence-corrected chi connectivity index (χ3v) is 7.61. The standard InChI is InChI=1S/C35H35N5O2/c1-23-9-14-27(21-36-23)40-33(20-32(39-40)35(2,3)4)38-34(41)37-31-16-15-28(29-7-5-6-8-30(29)31)26-12-10-24(11-13-26)19-25-17-18-42-22-25/h5-10,12-18,20-22,24H,11,19H2,1-4H3,(H2,37,38,41). The summed E-state index contributed by atoms with van der Waals surface area (Å²) in [6.45, 7) is 8.24. The number of hydrogen-bond acceptors (Lipinski definition) is 4. The van der Waals surface area contributed by atoms with Gasteiger partial charge >= 0.3 is 6.03 Å². The highest BCUT2D eigenvalue weighted by molar-refractivity contribution is 6.09. The predicted molar refractivity (Wildman–Crippen MR) is 169 cm³/mol. The van der Waals surface area contributed by atoms with Gasteiger partial charge in [-0.1, -0.05) is 69.3 Å². The van der Waals surface area contributed by atoms with Crippen molar-refractivity contribution in [3.05, 3.63) is 120 Å². The first-order chi connectivity index (χ1) is 20.2. The molecule has 2 aromatic carbocycles. The number of urea groups is 1. The smallest absolute Gasteiger partial charge is 0.324 e. The van der Waals surface area contributed by atoms with Crippen molar-refractivity contribution in [2.24, 2.45) is 5.92 Å². The molecule has 0 bridgehead atoms. The summed E-state index contributed by atoms with van der Waals surface area (Å²) < 4.78 is 6.96. The van der Waals surface area contributed by atoms with Crippen molar-refractivity contribution >= 4 is 33.9 Å². The zero-order chi connectivity index (χ0) is 29.3. The summed E-state index contributed by atoms with van der Waals surface area (Å²) >= 11 is 0. The fraction of sp³-hybridized carbons (Fsp3) is 0.229. The summed E-state index contributed by atoms with van der Waals surface area (Å²) in [5, 5.41) is 13.0. The van der Waals surface area contributed by atoms with E-state index in [-0.39, 0.29) is 11.4 Å². The van der Waals surface area contributed by atoms with Crippen LogP contribution in [0.25, 0.3) is 22.0 Å². The van der Waals surface area contributed by atoms with Crippen LogP contribution in [0.2, 0.25) is 0 Å². The summed E-state index contributed by atoms with van der Waals surface area (Å²) in [5.41, 5.74) is 6.67. The molecule has 1 atom stereocenters. The number of aryl methyl sites for hydroxylation is 1. The Morgan fingerprint density at radius 2 is 1.88 bits per heavy atom. The molecule has 0 spiro atoms. The van der Waals surface area contributed by atoms with E-state index in [1.165, 1.54) is 11.1 Å². The van der Waals surface area contributed by atoms with E-state index in [1.54, 1.807) is 17.1 Å². The van der Waals surface area contributed by atoms with Gasteiger partial charge in [0.2, 0.25) is 0 Å². The Labute approximate surface area is 246 Å². The van der Waals surface area contributed by atoms with Crippen molar-refractivity contribution in [3.63, 3.8) is 0 Å². The number of allylic oxidation sites excluding steroid dienone is 4. The molecule has 0 aliphatic heterocycles. The first-order valence-electron chi connectivity index (χ1n) is 14.3. The Bertz CT molecular complexity index is 1790. The Hall–Kier alpha value is -4.91. The minimum Gasteiger partial charge on any atom is -0.472 e. The second-order valence-corrected chi connectivity index (χ2v) is 11.9. The summed E-state index contributed by atoms with van der Waals surface area (Å²) in [5.74, 6) is 1.02. The molecule has 0 saturated heterocycles. The van der Waals surface area contributed by atoms with Gasteiger partial charge in [-0.05, 0) is 72.0 Å². The third kappa shape index (κ3) is 5.77. The Kier molecular flexibility index (Phi) is 7.25. The maximum Gasteiger partial charge on any atom is 0.324 e. The minimum absolute atomic E-state index is 0.191. The number of benzene rings is 2. The number of hydrogen-bond donors (Lipinski definition) is 2. The molecular formula is C35H35N5O2. The van der Waals surface area contributed by atoms with Crippen LogP contribution in [-0.2, 0) is 11.8 Å². The van der Waals surface area contributed by atoms with Crippen molar-refractivity contribution in [3.8, 4) is 5.69 Å². The van der Waals surface area contributed by atoms with Crippen LogP contribution in [0.3, 0.4) is 0 Å². The van der Waals surface area contributed by atoms with E-state index < -0.39 is 0 Å². The van der Waals surface area contributed by atoms with E-state index in [0.29, 0.717) is 11.7 Å². The molecule has 1 aliphatic rings. The maximum absolute atomic E-state index is 13.4. The molecule has 2 N–H and O–H groups in total. The Morgan fingerprint density at radius 3 is 2.57 bits per heavy atom.